The molecular formula is C12H10FNO2. The van der Waals surface area contributed by atoms with Gasteiger partial charge in [-0.05, 0) is 31.0 Å². The van der Waals surface area contributed by atoms with Crippen LogP contribution in [0, 0.1) is 5.82 Å². The molecule has 0 radical (unpaired) electrons. The van der Waals surface area contributed by atoms with Gasteiger partial charge in [0.1, 0.15) is 12.0 Å². The lowest BCUT2D eigenvalue weighted by atomic mass is 10.1. The van der Waals surface area contributed by atoms with Crippen molar-refractivity contribution in [3.63, 3.8) is 0 Å². The van der Waals surface area contributed by atoms with Crippen molar-refractivity contribution in [2.24, 2.45) is 0 Å². The Kier molecular flexibility index (Phi) is 1.96. The van der Waals surface area contributed by atoms with Crippen LogP contribution in [0.25, 0.3) is 11.3 Å². The molecule has 3 nitrogen and oxygen atoms in total. The molecule has 16 heavy (non-hydrogen) atoms. The van der Waals surface area contributed by atoms with Gasteiger partial charge in [0.15, 0.2) is 17.5 Å². The summed E-state index contributed by atoms with van der Waals surface area (Å²) in [5.41, 5.74) is 1.30. The number of rotatable bonds is 2. The Morgan fingerprint density at radius 3 is 2.88 bits per heavy atom. The molecule has 2 aromatic rings. The van der Waals surface area contributed by atoms with Crippen LogP contribution in [0.5, 0.6) is 5.75 Å². The molecule has 0 bridgehead atoms. The number of hydrogen-bond donors (Lipinski definition) is 1. The Hall–Kier alpha value is -1.84. The molecule has 1 saturated carbocycles. The second-order valence-electron chi connectivity index (χ2n) is 4.01. The summed E-state index contributed by atoms with van der Waals surface area (Å²) >= 11 is 0. The molecule has 1 fully saturated rings. The molecule has 4 heteroatoms. The molecule has 1 aromatic carbocycles. The third kappa shape index (κ3) is 1.56. The van der Waals surface area contributed by atoms with Gasteiger partial charge in [0.25, 0.3) is 0 Å². The molecule has 82 valence electrons. The molecule has 1 heterocycles. The molecule has 0 atom stereocenters. The summed E-state index contributed by atoms with van der Waals surface area (Å²) in [4.78, 5) is 4.31. The van der Waals surface area contributed by atoms with E-state index in [1.807, 2.05) is 0 Å². The number of phenols is 1. The summed E-state index contributed by atoms with van der Waals surface area (Å²) in [6, 6.07) is 4.14. The molecule has 1 N–H and O–H groups in total. The van der Waals surface area contributed by atoms with E-state index in [-0.39, 0.29) is 5.75 Å². The van der Waals surface area contributed by atoms with E-state index in [1.54, 1.807) is 12.3 Å². The number of aromatic hydroxyl groups is 1. The van der Waals surface area contributed by atoms with Crippen molar-refractivity contribution in [3.8, 4) is 17.0 Å². The zero-order valence-electron chi connectivity index (χ0n) is 8.48. The van der Waals surface area contributed by atoms with Crippen LogP contribution in [0.1, 0.15) is 24.7 Å². The van der Waals surface area contributed by atoms with Gasteiger partial charge in [-0.15, -0.1) is 0 Å². The molecule has 0 aliphatic heterocycles. The maximum Gasteiger partial charge on any atom is 0.197 e. The van der Waals surface area contributed by atoms with Gasteiger partial charge < -0.3 is 9.52 Å². The number of halogens is 1. The molecule has 0 unspecified atom stereocenters. The average molecular weight is 219 g/mol. The van der Waals surface area contributed by atoms with E-state index in [1.165, 1.54) is 12.1 Å². The fourth-order valence-electron chi connectivity index (χ4n) is 1.61. The summed E-state index contributed by atoms with van der Waals surface area (Å²) in [7, 11) is 0. The second-order valence-corrected chi connectivity index (χ2v) is 4.01. The van der Waals surface area contributed by atoms with Gasteiger partial charge in [-0.25, -0.2) is 9.37 Å². The molecular weight excluding hydrogens is 209 g/mol. The van der Waals surface area contributed by atoms with Crippen LogP contribution in [0.3, 0.4) is 0 Å². The van der Waals surface area contributed by atoms with Crippen molar-refractivity contribution in [1.29, 1.82) is 0 Å². The Morgan fingerprint density at radius 1 is 1.38 bits per heavy atom. The van der Waals surface area contributed by atoms with E-state index in [9.17, 15) is 9.50 Å². The predicted octanol–water partition coefficient (Wildman–Crippen LogP) is 3.06. The number of benzene rings is 1. The van der Waals surface area contributed by atoms with Gasteiger partial charge in [0, 0.05) is 11.5 Å². The van der Waals surface area contributed by atoms with Crippen molar-refractivity contribution in [1.82, 2.24) is 4.98 Å². The lowest BCUT2D eigenvalue weighted by Crippen LogP contribution is -1.82. The standard InChI is InChI=1S/C12H10FNO2/c13-9-4-3-8(5-11(9)15)10-6-16-12(14-10)7-1-2-7/h3-7,15H,1-2H2. The first-order chi connectivity index (χ1) is 7.74. The molecule has 1 aliphatic carbocycles. The fraction of sp³-hybridized carbons (Fsp3) is 0.250. The van der Waals surface area contributed by atoms with Crippen LogP contribution < -0.4 is 0 Å². The topological polar surface area (TPSA) is 46.3 Å². The summed E-state index contributed by atoms with van der Waals surface area (Å²) in [5, 5.41) is 9.26. The highest BCUT2D eigenvalue weighted by molar-refractivity contribution is 5.60. The number of oxazole rings is 1. The van der Waals surface area contributed by atoms with Crippen molar-refractivity contribution < 1.29 is 13.9 Å². The third-order valence-corrected chi connectivity index (χ3v) is 2.69. The van der Waals surface area contributed by atoms with Gasteiger partial charge in [-0.1, -0.05) is 0 Å². The summed E-state index contributed by atoms with van der Waals surface area (Å²) in [6.45, 7) is 0. The van der Waals surface area contributed by atoms with E-state index in [0.29, 0.717) is 17.2 Å². The van der Waals surface area contributed by atoms with Gasteiger partial charge >= 0.3 is 0 Å². The van der Waals surface area contributed by atoms with Crippen LogP contribution in [0.4, 0.5) is 4.39 Å². The zero-order chi connectivity index (χ0) is 11.1. The molecule has 0 spiro atoms. The smallest absolute Gasteiger partial charge is 0.197 e. The highest BCUT2D eigenvalue weighted by atomic mass is 19.1. The maximum absolute atomic E-state index is 12.9. The quantitative estimate of drug-likeness (QED) is 0.844. The van der Waals surface area contributed by atoms with Gasteiger partial charge in [0.2, 0.25) is 0 Å². The van der Waals surface area contributed by atoms with E-state index < -0.39 is 5.82 Å². The number of phenolic OH excluding ortho intramolecular Hbond substituents is 1. The minimum Gasteiger partial charge on any atom is -0.505 e. The normalized spacial score (nSPS) is 15.3. The fourth-order valence-corrected chi connectivity index (χ4v) is 1.61. The largest absolute Gasteiger partial charge is 0.505 e. The van der Waals surface area contributed by atoms with Gasteiger partial charge in [-0.2, -0.15) is 0 Å². The number of aromatic nitrogens is 1. The maximum atomic E-state index is 12.9. The number of hydrogen-bond acceptors (Lipinski definition) is 3. The first kappa shape index (κ1) is 9.39. The van der Waals surface area contributed by atoms with Crippen molar-refractivity contribution >= 4 is 0 Å². The van der Waals surface area contributed by atoms with Gasteiger partial charge in [-0.3, -0.25) is 0 Å². The molecule has 1 aliphatic rings. The summed E-state index contributed by atoms with van der Waals surface area (Å²) in [6.07, 6.45) is 3.78. The first-order valence-corrected chi connectivity index (χ1v) is 5.18. The van der Waals surface area contributed by atoms with Crippen LogP contribution in [0.2, 0.25) is 0 Å². The average Bonchev–Trinajstić information content (AvgIpc) is 3.01. The number of nitrogens with zero attached hydrogens (tertiary/aromatic N) is 1. The lowest BCUT2D eigenvalue weighted by Gasteiger charge is -1.97. The molecule has 0 saturated heterocycles. The predicted molar refractivity (Wildman–Crippen MR) is 55.5 cm³/mol. The Labute approximate surface area is 91.6 Å². The zero-order valence-corrected chi connectivity index (χ0v) is 8.48. The van der Waals surface area contributed by atoms with E-state index in [4.69, 9.17) is 4.42 Å². The van der Waals surface area contributed by atoms with Crippen LogP contribution >= 0.6 is 0 Å². The first-order valence-electron chi connectivity index (χ1n) is 5.18. The van der Waals surface area contributed by atoms with Crippen molar-refractivity contribution in [3.05, 3.63) is 36.2 Å². The monoisotopic (exact) mass is 219 g/mol. The highest BCUT2D eigenvalue weighted by Crippen LogP contribution is 2.40. The molecule has 1 aromatic heterocycles. The summed E-state index contributed by atoms with van der Waals surface area (Å²) < 4.78 is 18.2. The van der Waals surface area contributed by atoms with Crippen LogP contribution in [-0.4, -0.2) is 10.1 Å². The Morgan fingerprint density at radius 2 is 2.19 bits per heavy atom. The lowest BCUT2D eigenvalue weighted by molar-refractivity contribution is 0.432. The van der Waals surface area contributed by atoms with E-state index in [0.717, 1.165) is 18.7 Å². The Bertz CT molecular complexity index is 532. The minimum absolute atomic E-state index is 0.367. The van der Waals surface area contributed by atoms with Crippen molar-refractivity contribution in [2.45, 2.75) is 18.8 Å². The third-order valence-electron chi connectivity index (χ3n) is 2.69. The van der Waals surface area contributed by atoms with Crippen LogP contribution in [-0.2, 0) is 0 Å². The highest BCUT2D eigenvalue weighted by Gasteiger charge is 2.28. The summed E-state index contributed by atoms with van der Waals surface area (Å²) in [5.74, 6) is 0.185. The van der Waals surface area contributed by atoms with Gasteiger partial charge in [0.05, 0.1) is 0 Å². The molecule has 3 rings (SSSR count). The van der Waals surface area contributed by atoms with Crippen LogP contribution in [0.15, 0.2) is 28.9 Å². The van der Waals surface area contributed by atoms with E-state index in [2.05, 4.69) is 4.98 Å². The second kappa shape index (κ2) is 3.33. The SMILES string of the molecule is Oc1cc(-c2coc(C3CC3)n2)ccc1F. The van der Waals surface area contributed by atoms with E-state index >= 15 is 0 Å². The van der Waals surface area contributed by atoms with Crippen molar-refractivity contribution in [2.75, 3.05) is 0 Å². The minimum atomic E-state index is -0.630. The molecule has 0 amide bonds. The Balaban J connectivity index is 1.97.